The van der Waals surface area contributed by atoms with Gasteiger partial charge in [-0.3, -0.25) is 4.79 Å². The van der Waals surface area contributed by atoms with Crippen molar-refractivity contribution in [2.24, 2.45) is 0 Å². The predicted octanol–water partition coefficient (Wildman–Crippen LogP) is 4.88. The van der Waals surface area contributed by atoms with Gasteiger partial charge in [0.2, 0.25) is 5.78 Å². The van der Waals surface area contributed by atoms with E-state index in [-0.39, 0.29) is 12.4 Å². The van der Waals surface area contributed by atoms with E-state index in [0.29, 0.717) is 22.8 Å². The molecule has 0 amide bonds. The van der Waals surface area contributed by atoms with Crippen molar-refractivity contribution in [3.05, 3.63) is 64.6 Å². The van der Waals surface area contributed by atoms with Gasteiger partial charge in [0.1, 0.15) is 17.2 Å². The SMILES string of the molecule is COc1ccc(C(=O)COc2ccc3cc(Br)ccc3c2)c(OC)c1. The lowest BCUT2D eigenvalue weighted by Crippen LogP contribution is -2.12. The minimum atomic E-state index is -0.157. The van der Waals surface area contributed by atoms with Crippen molar-refractivity contribution in [3.8, 4) is 17.2 Å². The quantitative estimate of drug-likeness (QED) is 0.553. The Balaban J connectivity index is 1.75. The minimum Gasteiger partial charge on any atom is -0.497 e. The highest BCUT2D eigenvalue weighted by Gasteiger charge is 2.14. The number of methoxy groups -OCH3 is 2. The maximum absolute atomic E-state index is 12.5. The standard InChI is InChI=1S/C20H17BrO4/c1-23-16-7-8-18(20(11-16)24-2)19(22)12-25-17-6-4-13-9-15(21)5-3-14(13)10-17/h3-11H,12H2,1-2H3. The maximum atomic E-state index is 12.5. The number of Topliss-reactive ketones (excluding diaryl/α,β-unsaturated/α-hetero) is 1. The first-order valence-corrected chi connectivity index (χ1v) is 8.47. The zero-order chi connectivity index (χ0) is 17.8. The highest BCUT2D eigenvalue weighted by atomic mass is 79.9. The molecule has 5 heteroatoms. The van der Waals surface area contributed by atoms with Gasteiger partial charge in [0.15, 0.2) is 6.61 Å². The molecule has 0 atom stereocenters. The third-order valence-electron chi connectivity index (χ3n) is 3.85. The number of fused-ring (bicyclic) bond motifs is 1. The first-order valence-electron chi connectivity index (χ1n) is 7.68. The van der Waals surface area contributed by atoms with Gasteiger partial charge < -0.3 is 14.2 Å². The summed E-state index contributed by atoms with van der Waals surface area (Å²) >= 11 is 3.45. The number of carbonyl (C=O) groups is 1. The lowest BCUT2D eigenvalue weighted by atomic mass is 10.1. The van der Waals surface area contributed by atoms with E-state index in [4.69, 9.17) is 14.2 Å². The van der Waals surface area contributed by atoms with Crippen molar-refractivity contribution in [2.45, 2.75) is 0 Å². The molecule has 3 rings (SSSR count). The number of benzene rings is 3. The number of ketones is 1. The molecule has 25 heavy (non-hydrogen) atoms. The number of rotatable bonds is 6. The molecule has 0 aromatic heterocycles. The van der Waals surface area contributed by atoms with Crippen LogP contribution in [0.4, 0.5) is 0 Å². The molecule has 0 N–H and O–H groups in total. The molecule has 0 heterocycles. The summed E-state index contributed by atoms with van der Waals surface area (Å²) in [6, 6.07) is 16.8. The summed E-state index contributed by atoms with van der Waals surface area (Å²) in [5.41, 5.74) is 0.466. The van der Waals surface area contributed by atoms with Crippen molar-refractivity contribution in [1.29, 1.82) is 0 Å². The molecule has 128 valence electrons. The van der Waals surface area contributed by atoms with E-state index in [9.17, 15) is 4.79 Å². The van der Waals surface area contributed by atoms with Crippen LogP contribution in [0.2, 0.25) is 0 Å². The Morgan fingerprint density at radius 2 is 1.60 bits per heavy atom. The van der Waals surface area contributed by atoms with E-state index in [0.717, 1.165) is 15.2 Å². The predicted molar refractivity (Wildman–Crippen MR) is 101 cm³/mol. The van der Waals surface area contributed by atoms with E-state index >= 15 is 0 Å². The number of ether oxygens (including phenoxy) is 3. The second-order valence-corrected chi connectivity index (χ2v) is 6.35. The van der Waals surface area contributed by atoms with Crippen molar-refractivity contribution in [2.75, 3.05) is 20.8 Å². The third-order valence-corrected chi connectivity index (χ3v) is 4.35. The van der Waals surface area contributed by atoms with Crippen molar-refractivity contribution >= 4 is 32.5 Å². The Morgan fingerprint density at radius 1 is 0.880 bits per heavy atom. The van der Waals surface area contributed by atoms with Crippen LogP contribution in [0, 0.1) is 0 Å². The molecule has 0 saturated carbocycles. The van der Waals surface area contributed by atoms with E-state index < -0.39 is 0 Å². The van der Waals surface area contributed by atoms with Crippen molar-refractivity contribution in [1.82, 2.24) is 0 Å². The van der Waals surface area contributed by atoms with Gasteiger partial charge in [-0.1, -0.05) is 28.1 Å². The van der Waals surface area contributed by atoms with Gasteiger partial charge in [0.05, 0.1) is 19.8 Å². The number of carbonyl (C=O) groups excluding carboxylic acids is 1. The normalized spacial score (nSPS) is 10.5. The van der Waals surface area contributed by atoms with Gasteiger partial charge in [-0.25, -0.2) is 0 Å². The Bertz CT molecular complexity index is 921. The molecule has 0 aliphatic heterocycles. The van der Waals surface area contributed by atoms with Gasteiger partial charge >= 0.3 is 0 Å². The van der Waals surface area contributed by atoms with E-state index in [1.807, 2.05) is 36.4 Å². The molecular weight excluding hydrogens is 384 g/mol. The molecule has 0 aliphatic rings. The average molecular weight is 401 g/mol. The fourth-order valence-corrected chi connectivity index (χ4v) is 2.92. The Kier molecular flexibility index (Phi) is 5.24. The fraction of sp³-hybridized carbons (Fsp3) is 0.150. The van der Waals surface area contributed by atoms with Crippen LogP contribution in [0.25, 0.3) is 10.8 Å². The van der Waals surface area contributed by atoms with Crippen LogP contribution < -0.4 is 14.2 Å². The molecular formula is C20H17BrO4. The summed E-state index contributed by atoms with van der Waals surface area (Å²) in [6.45, 7) is -0.0648. The fourth-order valence-electron chi connectivity index (χ4n) is 2.54. The second-order valence-electron chi connectivity index (χ2n) is 5.43. The summed E-state index contributed by atoms with van der Waals surface area (Å²) in [5, 5.41) is 2.15. The smallest absolute Gasteiger partial charge is 0.203 e. The average Bonchev–Trinajstić information content (AvgIpc) is 2.65. The van der Waals surface area contributed by atoms with Crippen molar-refractivity contribution in [3.63, 3.8) is 0 Å². The summed E-state index contributed by atoms with van der Waals surface area (Å²) in [7, 11) is 3.09. The van der Waals surface area contributed by atoms with Gasteiger partial charge in [0.25, 0.3) is 0 Å². The molecule has 0 bridgehead atoms. The summed E-state index contributed by atoms with van der Waals surface area (Å²) in [5.74, 6) is 1.59. The van der Waals surface area contributed by atoms with Crippen LogP contribution in [-0.2, 0) is 0 Å². The van der Waals surface area contributed by atoms with Crippen LogP contribution in [0.1, 0.15) is 10.4 Å². The molecule has 4 nitrogen and oxygen atoms in total. The van der Waals surface area contributed by atoms with Gasteiger partial charge in [-0.05, 0) is 47.2 Å². The van der Waals surface area contributed by atoms with E-state index in [1.165, 1.54) is 7.11 Å². The summed E-state index contributed by atoms with van der Waals surface area (Å²) in [6.07, 6.45) is 0. The van der Waals surface area contributed by atoms with Crippen LogP contribution in [0.3, 0.4) is 0 Å². The van der Waals surface area contributed by atoms with E-state index in [1.54, 1.807) is 25.3 Å². The topological polar surface area (TPSA) is 44.8 Å². The lowest BCUT2D eigenvalue weighted by Gasteiger charge is -2.11. The largest absolute Gasteiger partial charge is 0.497 e. The van der Waals surface area contributed by atoms with Crippen molar-refractivity contribution < 1.29 is 19.0 Å². The Hall–Kier alpha value is -2.53. The third kappa shape index (κ3) is 3.94. The molecule has 0 radical (unpaired) electrons. The molecule has 0 spiro atoms. The second kappa shape index (κ2) is 7.57. The summed E-state index contributed by atoms with van der Waals surface area (Å²) in [4.78, 5) is 12.5. The highest BCUT2D eigenvalue weighted by molar-refractivity contribution is 9.10. The number of halogens is 1. The molecule has 3 aromatic carbocycles. The van der Waals surface area contributed by atoms with Gasteiger partial charge in [-0.15, -0.1) is 0 Å². The zero-order valence-corrected chi connectivity index (χ0v) is 15.5. The monoisotopic (exact) mass is 400 g/mol. The number of hydrogen-bond donors (Lipinski definition) is 0. The van der Waals surface area contributed by atoms with Gasteiger partial charge in [0, 0.05) is 10.5 Å². The van der Waals surface area contributed by atoms with Crippen LogP contribution in [0.5, 0.6) is 17.2 Å². The molecule has 3 aromatic rings. The maximum Gasteiger partial charge on any atom is 0.203 e. The first-order chi connectivity index (χ1) is 12.1. The first kappa shape index (κ1) is 17.3. The Morgan fingerprint density at radius 3 is 2.36 bits per heavy atom. The number of hydrogen-bond acceptors (Lipinski definition) is 4. The summed E-state index contributed by atoms with van der Waals surface area (Å²) < 4.78 is 17.1. The molecule has 0 fully saturated rings. The zero-order valence-electron chi connectivity index (χ0n) is 13.9. The molecule has 0 unspecified atom stereocenters. The minimum absolute atomic E-state index is 0.0648. The molecule has 0 saturated heterocycles. The van der Waals surface area contributed by atoms with E-state index in [2.05, 4.69) is 15.9 Å². The molecule has 0 aliphatic carbocycles. The van der Waals surface area contributed by atoms with Crippen LogP contribution in [0.15, 0.2) is 59.1 Å². The lowest BCUT2D eigenvalue weighted by molar-refractivity contribution is 0.0918. The Labute approximate surface area is 154 Å². The highest BCUT2D eigenvalue weighted by Crippen LogP contribution is 2.26. The van der Waals surface area contributed by atoms with Crippen LogP contribution in [-0.4, -0.2) is 26.6 Å². The van der Waals surface area contributed by atoms with Crippen LogP contribution >= 0.6 is 15.9 Å². The van der Waals surface area contributed by atoms with Gasteiger partial charge in [-0.2, -0.15) is 0 Å².